The Kier molecular flexibility index (Phi) is 4.23. The lowest BCUT2D eigenvalue weighted by atomic mass is 9.98. The fourth-order valence-electron chi connectivity index (χ4n) is 2.49. The Bertz CT molecular complexity index is 564. The summed E-state index contributed by atoms with van der Waals surface area (Å²) in [6.45, 7) is 3.18. The van der Waals surface area contributed by atoms with Crippen LogP contribution in [0.25, 0.3) is 0 Å². The first-order valence-corrected chi connectivity index (χ1v) is 7.34. The van der Waals surface area contributed by atoms with Crippen molar-refractivity contribution < 1.29 is 4.74 Å². The van der Waals surface area contributed by atoms with Gasteiger partial charge in [-0.25, -0.2) is 0 Å². The summed E-state index contributed by atoms with van der Waals surface area (Å²) in [5.74, 6) is 2.19. The van der Waals surface area contributed by atoms with Crippen molar-refractivity contribution >= 4 is 11.6 Å². The number of ether oxygens (including phenoxy) is 1. The van der Waals surface area contributed by atoms with E-state index in [1.807, 2.05) is 29.1 Å². The molecule has 1 saturated heterocycles. The molecule has 20 heavy (non-hydrogen) atoms. The fraction of sp³-hybridized carbons (Fsp3) is 0.400. The summed E-state index contributed by atoms with van der Waals surface area (Å²) in [6, 6.07) is 7.38. The molecule has 0 atom stereocenters. The summed E-state index contributed by atoms with van der Waals surface area (Å²) in [5, 5.41) is 8.41. The van der Waals surface area contributed by atoms with Crippen molar-refractivity contribution in [1.29, 1.82) is 0 Å². The summed E-state index contributed by atoms with van der Waals surface area (Å²) in [4.78, 5) is 0. The van der Waals surface area contributed by atoms with Gasteiger partial charge in [0.05, 0.1) is 12.4 Å². The van der Waals surface area contributed by atoms with Gasteiger partial charge in [0.2, 0.25) is 0 Å². The van der Waals surface area contributed by atoms with Gasteiger partial charge < -0.3 is 10.1 Å². The maximum absolute atomic E-state index is 5.94. The van der Waals surface area contributed by atoms with Crippen LogP contribution in [0.2, 0.25) is 5.02 Å². The van der Waals surface area contributed by atoms with Crippen molar-refractivity contribution in [3.05, 3.63) is 41.7 Å². The van der Waals surface area contributed by atoms with Gasteiger partial charge in [-0.15, -0.1) is 0 Å². The third-order valence-corrected chi connectivity index (χ3v) is 3.78. The maximum Gasteiger partial charge on any atom is 0.165 e. The van der Waals surface area contributed by atoms with Crippen LogP contribution in [0.3, 0.4) is 0 Å². The predicted molar refractivity (Wildman–Crippen MR) is 79.3 cm³/mol. The van der Waals surface area contributed by atoms with Crippen molar-refractivity contribution in [1.82, 2.24) is 15.1 Å². The molecule has 2 heterocycles. The van der Waals surface area contributed by atoms with Crippen molar-refractivity contribution in [2.75, 3.05) is 13.1 Å². The van der Waals surface area contributed by atoms with E-state index in [2.05, 4.69) is 10.4 Å². The van der Waals surface area contributed by atoms with Crippen LogP contribution in [0, 0.1) is 5.92 Å². The van der Waals surface area contributed by atoms with Gasteiger partial charge in [-0.1, -0.05) is 17.7 Å². The van der Waals surface area contributed by atoms with Crippen LogP contribution in [0.5, 0.6) is 11.5 Å². The number of hydrogen-bond donors (Lipinski definition) is 1. The summed E-state index contributed by atoms with van der Waals surface area (Å²) >= 11 is 5.94. The molecule has 0 aliphatic carbocycles. The molecule has 106 valence electrons. The van der Waals surface area contributed by atoms with Crippen LogP contribution < -0.4 is 10.1 Å². The minimum atomic E-state index is 0.671. The van der Waals surface area contributed by atoms with Crippen LogP contribution in [-0.2, 0) is 6.54 Å². The van der Waals surface area contributed by atoms with Gasteiger partial charge in [-0.2, -0.15) is 5.10 Å². The first kappa shape index (κ1) is 13.5. The Morgan fingerprint density at radius 1 is 1.30 bits per heavy atom. The molecule has 0 amide bonds. The quantitative estimate of drug-likeness (QED) is 0.939. The number of aromatic nitrogens is 2. The van der Waals surface area contributed by atoms with E-state index in [-0.39, 0.29) is 0 Å². The molecule has 2 aromatic rings. The smallest absolute Gasteiger partial charge is 0.165 e. The molecule has 3 rings (SSSR count). The highest BCUT2D eigenvalue weighted by Crippen LogP contribution is 2.24. The standard InChI is InChI=1S/C15H18ClN3O/c16-13-2-1-3-14(8-13)20-15-9-18-19(11-15)10-12-4-6-17-7-5-12/h1-3,8-9,11-12,17H,4-7,10H2. The molecule has 1 N–H and O–H groups in total. The van der Waals surface area contributed by atoms with E-state index in [0.717, 1.165) is 31.1 Å². The molecule has 4 nitrogen and oxygen atoms in total. The molecule has 0 radical (unpaired) electrons. The van der Waals surface area contributed by atoms with Gasteiger partial charge in [0.25, 0.3) is 0 Å². The first-order valence-electron chi connectivity index (χ1n) is 6.96. The van der Waals surface area contributed by atoms with E-state index in [1.165, 1.54) is 12.8 Å². The Balaban J connectivity index is 1.61. The third-order valence-electron chi connectivity index (χ3n) is 3.55. The molecule has 5 heteroatoms. The number of benzene rings is 1. The highest BCUT2D eigenvalue weighted by Gasteiger charge is 2.14. The molecule has 0 spiro atoms. The van der Waals surface area contributed by atoms with Gasteiger partial charge >= 0.3 is 0 Å². The zero-order valence-electron chi connectivity index (χ0n) is 11.3. The second kappa shape index (κ2) is 6.29. The van der Waals surface area contributed by atoms with Crippen molar-refractivity contribution in [2.45, 2.75) is 19.4 Å². The van der Waals surface area contributed by atoms with E-state index >= 15 is 0 Å². The van der Waals surface area contributed by atoms with Crippen molar-refractivity contribution in [3.8, 4) is 11.5 Å². The zero-order valence-corrected chi connectivity index (χ0v) is 12.0. The largest absolute Gasteiger partial charge is 0.454 e. The summed E-state index contributed by atoms with van der Waals surface area (Å²) in [5.41, 5.74) is 0. The number of nitrogens with zero attached hydrogens (tertiary/aromatic N) is 2. The van der Waals surface area contributed by atoms with E-state index in [1.54, 1.807) is 12.3 Å². The molecule has 0 saturated carbocycles. The normalized spacial score (nSPS) is 16.2. The predicted octanol–water partition coefficient (Wildman–Crippen LogP) is 3.33. The molecular formula is C15H18ClN3O. The zero-order chi connectivity index (χ0) is 13.8. The SMILES string of the molecule is Clc1cccc(Oc2cnn(CC3CCNCC3)c2)c1. The number of halogens is 1. The van der Waals surface area contributed by atoms with E-state index in [4.69, 9.17) is 16.3 Å². The summed E-state index contributed by atoms with van der Waals surface area (Å²) < 4.78 is 7.72. The lowest BCUT2D eigenvalue weighted by Crippen LogP contribution is -2.29. The van der Waals surface area contributed by atoms with Crippen LogP contribution in [0.15, 0.2) is 36.7 Å². The highest BCUT2D eigenvalue weighted by atomic mass is 35.5. The number of nitrogens with one attached hydrogen (secondary N) is 1. The van der Waals surface area contributed by atoms with Gasteiger partial charge in [-0.3, -0.25) is 4.68 Å². The number of rotatable bonds is 4. The molecule has 0 unspecified atom stereocenters. The Morgan fingerprint density at radius 2 is 2.15 bits per heavy atom. The minimum Gasteiger partial charge on any atom is -0.454 e. The van der Waals surface area contributed by atoms with E-state index in [0.29, 0.717) is 10.9 Å². The topological polar surface area (TPSA) is 39.1 Å². The van der Waals surface area contributed by atoms with Crippen molar-refractivity contribution in [2.24, 2.45) is 5.92 Å². The first-order chi connectivity index (χ1) is 9.79. The fourth-order valence-corrected chi connectivity index (χ4v) is 2.67. The maximum atomic E-state index is 5.94. The molecule has 1 aromatic carbocycles. The molecule has 1 aromatic heterocycles. The average molecular weight is 292 g/mol. The van der Waals surface area contributed by atoms with Crippen LogP contribution in [0.1, 0.15) is 12.8 Å². The lowest BCUT2D eigenvalue weighted by molar-refractivity contribution is 0.321. The Hall–Kier alpha value is -1.52. The molecule has 1 aliphatic heterocycles. The van der Waals surface area contributed by atoms with Crippen LogP contribution in [0.4, 0.5) is 0 Å². The number of piperidine rings is 1. The third kappa shape index (κ3) is 3.52. The van der Waals surface area contributed by atoms with Crippen LogP contribution >= 0.6 is 11.6 Å². The molecule has 0 bridgehead atoms. The van der Waals surface area contributed by atoms with Gasteiger partial charge in [0.1, 0.15) is 5.75 Å². The second-order valence-corrected chi connectivity index (χ2v) is 5.59. The monoisotopic (exact) mass is 291 g/mol. The minimum absolute atomic E-state index is 0.671. The Morgan fingerprint density at radius 3 is 2.95 bits per heavy atom. The van der Waals surface area contributed by atoms with Crippen molar-refractivity contribution in [3.63, 3.8) is 0 Å². The van der Waals surface area contributed by atoms with Crippen LogP contribution in [-0.4, -0.2) is 22.9 Å². The Labute approximate surface area is 123 Å². The lowest BCUT2D eigenvalue weighted by Gasteiger charge is -2.22. The summed E-state index contributed by atoms with van der Waals surface area (Å²) in [6.07, 6.45) is 6.12. The molecular weight excluding hydrogens is 274 g/mol. The van der Waals surface area contributed by atoms with Gasteiger partial charge in [0.15, 0.2) is 5.75 Å². The molecule has 1 fully saturated rings. The van der Waals surface area contributed by atoms with Gasteiger partial charge in [0, 0.05) is 11.6 Å². The number of hydrogen-bond acceptors (Lipinski definition) is 3. The second-order valence-electron chi connectivity index (χ2n) is 5.15. The van der Waals surface area contributed by atoms with E-state index < -0.39 is 0 Å². The van der Waals surface area contributed by atoms with E-state index in [9.17, 15) is 0 Å². The van der Waals surface area contributed by atoms with Gasteiger partial charge in [-0.05, 0) is 50.0 Å². The summed E-state index contributed by atoms with van der Waals surface area (Å²) in [7, 11) is 0. The highest BCUT2D eigenvalue weighted by molar-refractivity contribution is 6.30. The molecule has 1 aliphatic rings. The average Bonchev–Trinajstić information content (AvgIpc) is 2.87.